The zero-order chi connectivity index (χ0) is 11.8. The van der Waals surface area contributed by atoms with Gasteiger partial charge in [0.2, 0.25) is 0 Å². The van der Waals surface area contributed by atoms with Gasteiger partial charge in [0.25, 0.3) is 0 Å². The quantitative estimate of drug-likeness (QED) is 0.680. The summed E-state index contributed by atoms with van der Waals surface area (Å²) in [6.07, 6.45) is 3.22. The Morgan fingerprint density at radius 1 is 1.00 bits per heavy atom. The number of aromatic nitrogens is 2. The predicted octanol–water partition coefficient (Wildman–Crippen LogP) is 3.51. The lowest BCUT2D eigenvalue weighted by Gasteiger charge is -2.05. The molecule has 2 aromatic heterocycles. The molecular weight excluding hydrogens is 222 g/mol. The zero-order valence-corrected chi connectivity index (χ0v) is 8.74. The second-order valence-electron chi connectivity index (χ2n) is 3.70. The highest BCUT2D eigenvalue weighted by Crippen LogP contribution is 2.30. The highest BCUT2D eigenvalue weighted by atomic mass is 19.1. The van der Waals surface area contributed by atoms with Crippen LogP contribution in [-0.4, -0.2) is 9.97 Å². The van der Waals surface area contributed by atoms with E-state index in [9.17, 15) is 8.78 Å². The third-order valence-corrected chi connectivity index (χ3v) is 2.69. The van der Waals surface area contributed by atoms with Crippen LogP contribution in [0, 0.1) is 11.6 Å². The lowest BCUT2D eigenvalue weighted by atomic mass is 10.0. The van der Waals surface area contributed by atoms with E-state index >= 15 is 0 Å². The van der Waals surface area contributed by atoms with Crippen molar-refractivity contribution in [2.45, 2.75) is 0 Å². The van der Waals surface area contributed by atoms with Crippen molar-refractivity contribution in [1.82, 2.24) is 9.97 Å². The van der Waals surface area contributed by atoms with Crippen molar-refractivity contribution >= 4 is 11.0 Å². The van der Waals surface area contributed by atoms with Crippen molar-refractivity contribution in [1.29, 1.82) is 0 Å². The summed E-state index contributed by atoms with van der Waals surface area (Å²) < 4.78 is 27.4. The third kappa shape index (κ3) is 1.49. The first kappa shape index (κ1) is 9.96. The van der Waals surface area contributed by atoms with Crippen molar-refractivity contribution in [3.63, 3.8) is 0 Å². The number of H-pyrrole nitrogens is 1. The largest absolute Gasteiger partial charge is 0.346 e. The molecule has 0 aliphatic heterocycles. The number of hydrogen-bond acceptors (Lipinski definition) is 1. The Labute approximate surface area is 95.9 Å². The van der Waals surface area contributed by atoms with E-state index in [1.807, 2.05) is 0 Å². The van der Waals surface area contributed by atoms with Gasteiger partial charge in [0.1, 0.15) is 17.3 Å². The van der Waals surface area contributed by atoms with E-state index in [0.29, 0.717) is 16.6 Å². The molecule has 0 atom stereocenters. The molecule has 1 aromatic carbocycles. The van der Waals surface area contributed by atoms with Crippen molar-refractivity contribution in [2.75, 3.05) is 0 Å². The fourth-order valence-electron chi connectivity index (χ4n) is 1.93. The Hall–Kier alpha value is -2.23. The Kier molecular flexibility index (Phi) is 2.14. The van der Waals surface area contributed by atoms with Crippen LogP contribution in [0.5, 0.6) is 0 Å². The first-order chi connectivity index (χ1) is 8.27. The van der Waals surface area contributed by atoms with E-state index in [4.69, 9.17) is 0 Å². The lowest BCUT2D eigenvalue weighted by molar-refractivity contribution is 0.590. The van der Waals surface area contributed by atoms with Gasteiger partial charge in [-0.15, -0.1) is 0 Å². The van der Waals surface area contributed by atoms with Crippen molar-refractivity contribution < 1.29 is 8.78 Å². The Morgan fingerprint density at radius 3 is 2.53 bits per heavy atom. The Bertz CT molecular complexity index is 668. The molecule has 4 heteroatoms. The molecule has 0 unspecified atom stereocenters. The topological polar surface area (TPSA) is 28.7 Å². The number of nitrogens with zero attached hydrogens (tertiary/aromatic N) is 1. The molecule has 0 radical (unpaired) electrons. The molecular formula is C13H8F2N2. The maximum Gasteiger partial charge on any atom is 0.137 e. The monoisotopic (exact) mass is 230 g/mol. The van der Waals surface area contributed by atoms with Gasteiger partial charge in [0.05, 0.1) is 5.56 Å². The van der Waals surface area contributed by atoms with Gasteiger partial charge >= 0.3 is 0 Å². The highest BCUT2D eigenvalue weighted by molar-refractivity contribution is 5.93. The van der Waals surface area contributed by atoms with Gasteiger partial charge in [-0.3, -0.25) is 0 Å². The minimum absolute atomic E-state index is 0.0144. The number of nitrogens with one attached hydrogen (secondary N) is 1. The summed E-state index contributed by atoms with van der Waals surface area (Å²) in [7, 11) is 0. The van der Waals surface area contributed by atoms with Crippen LogP contribution in [-0.2, 0) is 0 Å². The molecule has 0 bridgehead atoms. The summed E-state index contributed by atoms with van der Waals surface area (Å²) in [5.41, 5.74) is 1.11. The van der Waals surface area contributed by atoms with Gasteiger partial charge in [-0.2, -0.15) is 0 Å². The van der Waals surface area contributed by atoms with Gasteiger partial charge in [-0.1, -0.05) is 6.07 Å². The first-order valence-electron chi connectivity index (χ1n) is 5.14. The third-order valence-electron chi connectivity index (χ3n) is 2.69. The van der Waals surface area contributed by atoms with Gasteiger partial charge in [-0.05, 0) is 24.3 Å². The van der Waals surface area contributed by atoms with E-state index in [1.165, 1.54) is 24.4 Å². The second-order valence-corrected chi connectivity index (χ2v) is 3.70. The molecule has 0 amide bonds. The molecule has 2 nitrogen and oxygen atoms in total. The molecule has 3 rings (SSSR count). The number of halogens is 2. The summed E-state index contributed by atoms with van der Waals surface area (Å²) in [5, 5.41) is 0.705. The normalized spacial score (nSPS) is 10.9. The zero-order valence-electron chi connectivity index (χ0n) is 8.74. The molecule has 2 heterocycles. The lowest BCUT2D eigenvalue weighted by Crippen LogP contribution is -1.90. The number of hydrogen-bond donors (Lipinski definition) is 1. The number of rotatable bonds is 1. The molecule has 0 saturated carbocycles. The van der Waals surface area contributed by atoms with E-state index in [1.54, 1.807) is 18.3 Å². The number of aromatic amines is 1. The van der Waals surface area contributed by atoms with Gasteiger partial charge in [0.15, 0.2) is 0 Å². The van der Waals surface area contributed by atoms with Crippen molar-refractivity contribution in [3.05, 3.63) is 54.4 Å². The molecule has 0 aliphatic rings. The van der Waals surface area contributed by atoms with Crippen LogP contribution in [0.4, 0.5) is 8.78 Å². The fraction of sp³-hybridized carbons (Fsp3) is 0. The fourth-order valence-corrected chi connectivity index (χ4v) is 1.93. The average molecular weight is 230 g/mol. The average Bonchev–Trinajstić information content (AvgIpc) is 2.77. The molecule has 3 aromatic rings. The first-order valence-corrected chi connectivity index (χ1v) is 5.14. The summed E-state index contributed by atoms with van der Waals surface area (Å²) in [4.78, 5) is 7.00. The SMILES string of the molecule is Fc1cccc(F)c1-c1ccnc2[nH]ccc12. The van der Waals surface area contributed by atoms with E-state index < -0.39 is 11.6 Å². The molecule has 0 spiro atoms. The smallest absolute Gasteiger partial charge is 0.137 e. The van der Waals surface area contributed by atoms with Crippen LogP contribution >= 0.6 is 0 Å². The minimum atomic E-state index is -0.571. The van der Waals surface area contributed by atoms with Gasteiger partial charge < -0.3 is 4.98 Å². The summed E-state index contributed by atoms with van der Waals surface area (Å²) in [5.74, 6) is -1.14. The van der Waals surface area contributed by atoms with E-state index in [2.05, 4.69) is 9.97 Å². The highest BCUT2D eigenvalue weighted by Gasteiger charge is 2.14. The Morgan fingerprint density at radius 2 is 1.76 bits per heavy atom. The van der Waals surface area contributed by atoms with Gasteiger partial charge in [-0.25, -0.2) is 13.8 Å². The van der Waals surface area contributed by atoms with Crippen LogP contribution in [0.3, 0.4) is 0 Å². The summed E-state index contributed by atoms with van der Waals surface area (Å²) >= 11 is 0. The molecule has 0 saturated heterocycles. The second kappa shape index (κ2) is 3.66. The van der Waals surface area contributed by atoms with Crippen molar-refractivity contribution in [2.24, 2.45) is 0 Å². The van der Waals surface area contributed by atoms with Crippen LogP contribution in [0.1, 0.15) is 0 Å². The van der Waals surface area contributed by atoms with Crippen LogP contribution < -0.4 is 0 Å². The standard InChI is InChI=1S/C13H8F2N2/c14-10-2-1-3-11(15)12(10)8-4-6-16-13-9(8)5-7-17-13/h1-7H,(H,16,17). The van der Waals surface area contributed by atoms with Crippen molar-refractivity contribution in [3.8, 4) is 11.1 Å². The number of fused-ring (bicyclic) bond motifs is 1. The molecule has 0 aliphatic carbocycles. The number of benzene rings is 1. The molecule has 17 heavy (non-hydrogen) atoms. The molecule has 1 N–H and O–H groups in total. The number of pyridine rings is 1. The van der Waals surface area contributed by atoms with Crippen LogP contribution in [0.15, 0.2) is 42.7 Å². The van der Waals surface area contributed by atoms with E-state index in [0.717, 1.165) is 0 Å². The molecule has 84 valence electrons. The van der Waals surface area contributed by atoms with E-state index in [-0.39, 0.29) is 5.56 Å². The Balaban J connectivity index is 2.38. The maximum atomic E-state index is 13.7. The predicted molar refractivity (Wildman–Crippen MR) is 61.4 cm³/mol. The maximum absolute atomic E-state index is 13.7. The van der Waals surface area contributed by atoms with Crippen LogP contribution in [0.2, 0.25) is 0 Å². The van der Waals surface area contributed by atoms with Crippen LogP contribution in [0.25, 0.3) is 22.2 Å². The summed E-state index contributed by atoms with van der Waals surface area (Å²) in [6, 6.07) is 7.21. The van der Waals surface area contributed by atoms with Gasteiger partial charge in [0, 0.05) is 23.3 Å². The summed E-state index contributed by atoms with van der Waals surface area (Å²) in [6.45, 7) is 0. The molecule has 0 fully saturated rings. The minimum Gasteiger partial charge on any atom is -0.346 e.